The van der Waals surface area contributed by atoms with Crippen LogP contribution in [0.25, 0.3) is 0 Å². The van der Waals surface area contributed by atoms with Gasteiger partial charge in [-0.25, -0.2) is 16.8 Å². The molecule has 1 amide bonds. The Hall–Kier alpha value is -3.33. The summed E-state index contributed by atoms with van der Waals surface area (Å²) in [5.74, 6) is -3.87. The number of hydrogen-bond acceptors (Lipinski definition) is 8. The molecule has 2 aromatic carbocycles. The number of ether oxygens (including phenoxy) is 1. The van der Waals surface area contributed by atoms with Gasteiger partial charge in [-0.1, -0.05) is 36.4 Å². The van der Waals surface area contributed by atoms with Crippen molar-refractivity contribution in [2.45, 2.75) is 72.8 Å². The fourth-order valence-electron chi connectivity index (χ4n) is 5.06. The molecule has 10 nitrogen and oxygen atoms in total. The minimum atomic E-state index is -5.15. The molecule has 0 radical (unpaired) electrons. The van der Waals surface area contributed by atoms with E-state index in [1.807, 2.05) is 6.07 Å². The predicted octanol–water partition coefficient (Wildman–Crippen LogP) is 3.12. The quantitative estimate of drug-likeness (QED) is 0.311. The summed E-state index contributed by atoms with van der Waals surface area (Å²) in [5, 5.41) is 13.8. The molecule has 2 N–H and O–H groups in total. The molecule has 2 fully saturated rings. The smallest absolute Gasteiger partial charge is 0.405 e. The molecule has 0 spiro atoms. The molecule has 1 unspecified atom stereocenters. The molecule has 2 aliphatic rings. The number of halogens is 5. The Morgan fingerprint density at radius 2 is 1.70 bits per heavy atom. The summed E-state index contributed by atoms with van der Waals surface area (Å²) in [6.07, 6.45) is -4.93. The Kier molecular flexibility index (Phi) is 9.88. The Bertz CT molecular complexity index is 1600. The normalized spacial score (nSPS) is 20.1. The number of para-hydroxylation sites is 1. The van der Waals surface area contributed by atoms with Crippen molar-refractivity contribution >= 4 is 25.8 Å². The van der Waals surface area contributed by atoms with E-state index in [9.17, 15) is 48.8 Å². The molecule has 4 rings (SSSR count). The number of nitrogens with one attached hydrogen (secondary N) is 2. The largest absolute Gasteiger partial charge is 0.435 e. The summed E-state index contributed by atoms with van der Waals surface area (Å²) in [4.78, 5) is 13.0. The van der Waals surface area contributed by atoms with Crippen LogP contribution >= 0.6 is 0 Å². The summed E-state index contributed by atoms with van der Waals surface area (Å²) >= 11 is 0. The van der Waals surface area contributed by atoms with Crippen LogP contribution in [0.15, 0.2) is 59.5 Å². The van der Waals surface area contributed by atoms with Crippen molar-refractivity contribution in [3.05, 3.63) is 60.2 Å². The molecule has 2 aromatic rings. The zero-order valence-electron chi connectivity index (χ0n) is 23.0. The van der Waals surface area contributed by atoms with E-state index in [-0.39, 0.29) is 42.7 Å². The van der Waals surface area contributed by atoms with Gasteiger partial charge in [0.25, 0.3) is 0 Å². The van der Waals surface area contributed by atoms with Crippen molar-refractivity contribution in [1.29, 1.82) is 5.26 Å². The molecule has 44 heavy (non-hydrogen) atoms. The molecular formula is C27H29F5N4O6S2. The Morgan fingerprint density at radius 3 is 2.30 bits per heavy atom. The maximum absolute atomic E-state index is 14.6. The lowest BCUT2D eigenvalue weighted by atomic mass is 10.0. The first-order chi connectivity index (χ1) is 20.6. The fraction of sp³-hybridized carbons (Fsp3) is 0.481. The number of sulfone groups is 1. The number of carbonyl (C=O) groups is 1. The molecule has 0 aromatic heterocycles. The summed E-state index contributed by atoms with van der Waals surface area (Å²) in [6.45, 7) is -3.53. The van der Waals surface area contributed by atoms with Crippen LogP contribution in [0.4, 0.5) is 22.0 Å². The van der Waals surface area contributed by atoms with Crippen molar-refractivity contribution in [2.75, 3.05) is 12.3 Å². The van der Waals surface area contributed by atoms with E-state index in [1.54, 1.807) is 0 Å². The zero-order chi connectivity index (χ0) is 32.3. The van der Waals surface area contributed by atoms with Gasteiger partial charge in [0.05, 0.1) is 22.5 Å². The van der Waals surface area contributed by atoms with Gasteiger partial charge in [-0.3, -0.25) is 10.1 Å². The van der Waals surface area contributed by atoms with Crippen LogP contribution in [-0.4, -0.2) is 75.8 Å². The van der Waals surface area contributed by atoms with Crippen LogP contribution in [0.3, 0.4) is 0 Å². The van der Waals surface area contributed by atoms with Gasteiger partial charge in [-0.15, -0.1) is 0 Å². The van der Waals surface area contributed by atoms with E-state index < -0.39 is 79.5 Å². The number of alkyl halides is 5. The van der Waals surface area contributed by atoms with Crippen LogP contribution in [0.2, 0.25) is 0 Å². The lowest BCUT2D eigenvalue weighted by molar-refractivity contribution is -0.167. The molecule has 17 heteroatoms. The third-order valence-electron chi connectivity index (χ3n) is 7.34. The van der Waals surface area contributed by atoms with Gasteiger partial charge in [-0.2, -0.15) is 31.5 Å². The van der Waals surface area contributed by atoms with Gasteiger partial charge in [0, 0.05) is 18.2 Å². The molecule has 1 heterocycles. The number of amides is 1. The Balaban J connectivity index is 1.66. The number of benzene rings is 2. The minimum absolute atomic E-state index is 0.0681. The van der Waals surface area contributed by atoms with Crippen LogP contribution in [0.1, 0.15) is 31.2 Å². The second kappa shape index (κ2) is 13.0. The number of nitrogens with zero attached hydrogens (tertiary/aromatic N) is 2. The number of rotatable bonds is 13. The summed E-state index contributed by atoms with van der Waals surface area (Å²) < 4.78 is 128. The summed E-state index contributed by atoms with van der Waals surface area (Å²) in [6, 6.07) is 7.09. The molecule has 240 valence electrons. The molecule has 1 saturated carbocycles. The Morgan fingerprint density at radius 1 is 1.07 bits per heavy atom. The van der Waals surface area contributed by atoms with Crippen LogP contribution in [0.5, 0.6) is 5.75 Å². The van der Waals surface area contributed by atoms with E-state index in [2.05, 4.69) is 15.4 Å². The number of nitriles is 1. The van der Waals surface area contributed by atoms with E-state index in [1.165, 1.54) is 48.5 Å². The third-order valence-corrected chi connectivity index (χ3v) is 10.9. The number of hydrogen-bond donors (Lipinski definition) is 2. The lowest BCUT2D eigenvalue weighted by Gasteiger charge is -2.35. The standard InChI is InChI=1S/C27H29F5N4O6S2/c28-25(29)42-22-11-5-4-7-18(22)15-43(38,39)16-20(24(37)35-26(17-33)12-13-26)34-23(27(30,31)32)21-10-6-14-36(21)44(40,41)19-8-2-1-3-9-19/h1-5,7-9,11,20-21,23,25,34H,6,10,12-16H2,(H,35,37)/t20-,21?,23-/m0/s1. The van der Waals surface area contributed by atoms with Crippen LogP contribution in [0, 0.1) is 11.3 Å². The monoisotopic (exact) mass is 664 g/mol. The first-order valence-electron chi connectivity index (χ1n) is 13.4. The maximum Gasteiger partial charge on any atom is 0.405 e. The minimum Gasteiger partial charge on any atom is -0.435 e. The number of sulfonamides is 1. The van der Waals surface area contributed by atoms with Crippen LogP contribution in [-0.2, 0) is 30.4 Å². The molecule has 0 bridgehead atoms. The van der Waals surface area contributed by atoms with Gasteiger partial charge in [0.15, 0.2) is 9.84 Å². The lowest BCUT2D eigenvalue weighted by Crippen LogP contribution is -2.63. The highest BCUT2D eigenvalue weighted by atomic mass is 32.2. The zero-order valence-corrected chi connectivity index (χ0v) is 24.6. The molecular weight excluding hydrogens is 635 g/mol. The molecule has 1 aliphatic carbocycles. The van der Waals surface area contributed by atoms with Crippen molar-refractivity contribution < 1.29 is 48.3 Å². The van der Waals surface area contributed by atoms with Gasteiger partial charge in [0.2, 0.25) is 15.9 Å². The molecule has 3 atom stereocenters. The van der Waals surface area contributed by atoms with Crippen molar-refractivity contribution in [2.24, 2.45) is 0 Å². The van der Waals surface area contributed by atoms with Crippen molar-refractivity contribution in [3.63, 3.8) is 0 Å². The molecule has 1 saturated heterocycles. The van der Waals surface area contributed by atoms with Gasteiger partial charge in [0.1, 0.15) is 23.4 Å². The average Bonchev–Trinajstić information content (AvgIpc) is 3.54. The molecule has 1 aliphatic heterocycles. The second-order valence-corrected chi connectivity index (χ2v) is 14.6. The summed E-state index contributed by atoms with van der Waals surface area (Å²) in [7, 11) is -8.92. The van der Waals surface area contributed by atoms with Gasteiger partial charge < -0.3 is 10.1 Å². The van der Waals surface area contributed by atoms with E-state index in [4.69, 9.17) is 0 Å². The highest BCUT2D eigenvalue weighted by Gasteiger charge is 2.53. The SMILES string of the molecule is N#CC1(NC(=O)[C@H](CS(=O)(=O)Cc2ccccc2OC(F)F)N[C@@H](C2CCCN2S(=O)(=O)c2ccccc2)C(F)(F)F)CC1. The number of carbonyl (C=O) groups excluding carboxylic acids is 1. The van der Waals surface area contributed by atoms with Gasteiger partial charge >= 0.3 is 12.8 Å². The highest BCUT2D eigenvalue weighted by molar-refractivity contribution is 7.90. The third kappa shape index (κ3) is 8.03. The first kappa shape index (κ1) is 33.6. The van der Waals surface area contributed by atoms with Crippen molar-refractivity contribution in [1.82, 2.24) is 14.9 Å². The maximum atomic E-state index is 14.6. The average molecular weight is 665 g/mol. The van der Waals surface area contributed by atoms with E-state index in [0.717, 1.165) is 6.07 Å². The summed E-state index contributed by atoms with van der Waals surface area (Å²) in [5.41, 5.74) is -1.59. The van der Waals surface area contributed by atoms with E-state index >= 15 is 0 Å². The first-order valence-corrected chi connectivity index (χ1v) is 16.7. The topological polar surface area (TPSA) is 146 Å². The van der Waals surface area contributed by atoms with Crippen LogP contribution < -0.4 is 15.4 Å². The van der Waals surface area contributed by atoms with Gasteiger partial charge in [-0.05, 0) is 43.9 Å². The fourth-order valence-corrected chi connectivity index (χ4v) is 8.37. The van der Waals surface area contributed by atoms with Crippen molar-refractivity contribution in [3.8, 4) is 11.8 Å². The second-order valence-electron chi connectivity index (χ2n) is 10.6. The highest BCUT2D eigenvalue weighted by Crippen LogP contribution is 2.36. The van der Waals surface area contributed by atoms with E-state index in [0.29, 0.717) is 4.31 Å². The predicted molar refractivity (Wildman–Crippen MR) is 146 cm³/mol. The Labute approximate surface area is 251 Å².